The first-order valence-corrected chi connectivity index (χ1v) is 49.2. The Labute approximate surface area is 832 Å². The van der Waals surface area contributed by atoms with Crippen LogP contribution in [0, 0.1) is 17.2 Å². The minimum atomic E-state index is -0.606. The highest BCUT2D eigenvalue weighted by atomic mass is 16.6. The second-order valence-corrected chi connectivity index (χ2v) is 34.8. The van der Waals surface area contributed by atoms with Crippen LogP contribution in [0.2, 0.25) is 0 Å². The largest absolute Gasteiger partial charge is 0.493 e. The minimum absolute atomic E-state index is 0.180. The number of hydrogen-bond acceptors (Lipinski definition) is 30. The van der Waals surface area contributed by atoms with Gasteiger partial charge in [-0.05, 0) is 182 Å². The second-order valence-electron chi connectivity index (χ2n) is 34.8. The van der Waals surface area contributed by atoms with Gasteiger partial charge in [-0.1, -0.05) is 141 Å². The fraction of sp³-hybridized carbons (Fsp3) is 0.436. The smallest absolute Gasteiger partial charge is 0.162 e. The number of aliphatic hydroxyl groups excluding tert-OH is 4. The van der Waals surface area contributed by atoms with E-state index in [-0.39, 0.29) is 26.4 Å². The zero-order valence-corrected chi connectivity index (χ0v) is 84.6. The van der Waals surface area contributed by atoms with Crippen LogP contribution in [-0.2, 0) is 28.9 Å². The van der Waals surface area contributed by atoms with Gasteiger partial charge in [0.2, 0.25) is 0 Å². The Morgan fingerprint density at radius 2 is 0.780 bits per heavy atom. The number of benzene rings is 7. The second kappa shape index (κ2) is 60.3. The average molecular weight is 1930 g/mol. The molecule has 31 nitrogen and oxygen atoms in total. The molecule has 31 heteroatoms. The van der Waals surface area contributed by atoms with Crippen molar-refractivity contribution < 1.29 is 67.8 Å². The molecule has 0 bridgehead atoms. The molecule has 13 rings (SSSR count). The van der Waals surface area contributed by atoms with Crippen LogP contribution in [0.4, 0.5) is 11.6 Å². The van der Waals surface area contributed by atoms with E-state index < -0.39 is 24.4 Å². The quantitative estimate of drug-likeness (QED) is 0.0164. The van der Waals surface area contributed by atoms with Crippen LogP contribution in [0.15, 0.2) is 194 Å². The third kappa shape index (κ3) is 36.0. The number of anilines is 2. The monoisotopic (exact) mass is 1930 g/mol. The summed E-state index contributed by atoms with van der Waals surface area (Å²) < 4.78 is 58.2. The molecule has 4 unspecified atom stereocenters. The predicted octanol–water partition coefficient (Wildman–Crippen LogP) is 16.6. The maximum atomic E-state index is 10.0. The van der Waals surface area contributed by atoms with Crippen molar-refractivity contribution in [1.29, 1.82) is 5.26 Å². The molecule has 0 radical (unpaired) electrons. The molecule has 4 atom stereocenters. The van der Waals surface area contributed by atoms with Gasteiger partial charge in [-0.2, -0.15) is 10.4 Å². The molecule has 6 heterocycles. The van der Waals surface area contributed by atoms with Crippen molar-refractivity contribution >= 4 is 11.6 Å². The number of aromatic nitrogens is 10. The number of nitrogens with zero attached hydrogens (tertiary/aromatic N) is 13. The molecular formula is C110H145N17O14. The number of aryl methyl sites for hydroxylation is 2. The van der Waals surface area contributed by atoms with Crippen molar-refractivity contribution in [3.8, 4) is 143 Å². The van der Waals surface area contributed by atoms with Crippen LogP contribution in [-0.4, -0.2) is 256 Å². The summed E-state index contributed by atoms with van der Waals surface area (Å²) in [7, 11) is 13.8. The molecule has 0 aliphatic carbocycles. The van der Waals surface area contributed by atoms with Gasteiger partial charge in [-0.3, -0.25) is 4.68 Å². The van der Waals surface area contributed by atoms with Crippen molar-refractivity contribution in [2.45, 2.75) is 150 Å². The molecule has 141 heavy (non-hydrogen) atoms. The van der Waals surface area contributed by atoms with E-state index in [9.17, 15) is 25.7 Å². The molecule has 0 spiro atoms. The maximum absolute atomic E-state index is 10.0. The molecule has 0 fully saturated rings. The number of rotatable bonds is 54. The Morgan fingerprint density at radius 1 is 0.397 bits per heavy atom. The third-order valence-electron chi connectivity index (χ3n) is 22.6. The van der Waals surface area contributed by atoms with Crippen LogP contribution in [0.25, 0.3) is 90.6 Å². The lowest BCUT2D eigenvalue weighted by Gasteiger charge is -2.24. The van der Waals surface area contributed by atoms with E-state index in [1.807, 2.05) is 181 Å². The van der Waals surface area contributed by atoms with Gasteiger partial charge in [0.05, 0.1) is 68.0 Å². The SMILES string of the molecule is CCCCCc1cc(-c2ccc(OC)c(OC)c2)nc(-c2cccc(OCC(O)CNC)c2)n1.CCCCCc1cc(-c2ccc3c(c2)OCCO3)nc(-c2cccc(OCC(O)CNC)c2)n1.CCCCN(CCOC)c1cc(-c2cccc(C#N)c2)nc(-c2cccc(OCC(O)CNC)c2)n1.CCCCN(CCOC)c1cc(-c2cnn(CC(C)C)c2)nc(-c2cccc(OCC(O)CNC)c2)n1. The van der Waals surface area contributed by atoms with Crippen LogP contribution in [0.5, 0.6) is 46.0 Å². The molecule has 1 aliphatic heterocycles. The molecule has 12 aromatic rings. The molecular weight excluding hydrogens is 1780 g/mol. The number of hydrogen-bond donors (Lipinski definition) is 8. The molecule has 754 valence electrons. The number of aliphatic hydroxyl groups is 4. The summed E-state index contributed by atoms with van der Waals surface area (Å²) in [5, 5.41) is 65.6. The fourth-order valence-corrected chi connectivity index (χ4v) is 15.2. The van der Waals surface area contributed by atoms with Crippen molar-refractivity contribution in [2.75, 3.05) is 172 Å². The summed E-state index contributed by atoms with van der Waals surface area (Å²) in [6.07, 6.45) is 14.4. The summed E-state index contributed by atoms with van der Waals surface area (Å²) in [6.45, 7) is 22.1. The van der Waals surface area contributed by atoms with Crippen LogP contribution in [0.1, 0.15) is 123 Å². The Balaban J connectivity index is 0.000000194. The molecule has 0 amide bonds. The van der Waals surface area contributed by atoms with E-state index in [2.05, 4.69) is 95.9 Å². The predicted molar refractivity (Wildman–Crippen MR) is 557 cm³/mol. The lowest BCUT2D eigenvalue weighted by molar-refractivity contribution is 0.108. The third-order valence-corrected chi connectivity index (χ3v) is 22.6. The summed E-state index contributed by atoms with van der Waals surface area (Å²) in [5.74, 6) is 10.1. The van der Waals surface area contributed by atoms with Gasteiger partial charge >= 0.3 is 0 Å². The zero-order valence-electron chi connectivity index (χ0n) is 84.6. The summed E-state index contributed by atoms with van der Waals surface area (Å²) in [4.78, 5) is 43.7. The van der Waals surface area contributed by atoms with Gasteiger partial charge in [0.15, 0.2) is 46.3 Å². The lowest BCUT2D eigenvalue weighted by atomic mass is 10.1. The van der Waals surface area contributed by atoms with E-state index >= 15 is 0 Å². The van der Waals surface area contributed by atoms with Crippen LogP contribution < -0.4 is 69.0 Å². The van der Waals surface area contributed by atoms with Gasteiger partial charge in [-0.15, -0.1) is 0 Å². The van der Waals surface area contributed by atoms with E-state index in [1.165, 1.54) is 0 Å². The number of ether oxygens (including phenoxy) is 10. The Morgan fingerprint density at radius 3 is 1.18 bits per heavy atom. The average Bonchev–Trinajstić information content (AvgIpc) is 1.76. The zero-order chi connectivity index (χ0) is 100. The van der Waals surface area contributed by atoms with Gasteiger partial charge in [-0.25, -0.2) is 39.9 Å². The molecule has 0 saturated heterocycles. The molecule has 1 aliphatic rings. The fourth-order valence-electron chi connectivity index (χ4n) is 15.2. The van der Waals surface area contributed by atoms with Gasteiger partial charge in [0.1, 0.15) is 98.7 Å². The van der Waals surface area contributed by atoms with Gasteiger partial charge < -0.3 is 98.9 Å². The summed E-state index contributed by atoms with van der Waals surface area (Å²) in [5.41, 5.74) is 12.9. The Bertz CT molecular complexity index is 5600. The van der Waals surface area contributed by atoms with Gasteiger partial charge in [0.25, 0.3) is 0 Å². The Hall–Kier alpha value is -12.8. The van der Waals surface area contributed by atoms with Crippen molar-refractivity contribution in [3.63, 3.8) is 0 Å². The normalized spacial score (nSPS) is 12.3. The number of nitrogens with one attached hydrogen (secondary N) is 4. The van der Waals surface area contributed by atoms with E-state index in [0.29, 0.717) is 128 Å². The summed E-state index contributed by atoms with van der Waals surface area (Å²) >= 11 is 0. The molecule has 8 N–H and O–H groups in total. The number of nitriles is 1. The highest BCUT2D eigenvalue weighted by Gasteiger charge is 2.23. The first kappa shape index (κ1) is 110. The molecule has 5 aromatic heterocycles. The van der Waals surface area contributed by atoms with E-state index in [0.717, 1.165) is 205 Å². The first-order valence-electron chi connectivity index (χ1n) is 49.2. The number of methoxy groups -OCH3 is 4. The number of unbranched alkanes of at least 4 members (excludes halogenated alkanes) is 6. The van der Waals surface area contributed by atoms with Crippen LogP contribution in [0.3, 0.4) is 0 Å². The van der Waals surface area contributed by atoms with Crippen LogP contribution >= 0.6 is 0 Å². The topological polar surface area (TPSA) is 373 Å². The first-order chi connectivity index (χ1) is 68.7. The number of likely N-dealkylation sites (N-methyl/N-ethyl adjacent to an activating group) is 4. The summed E-state index contributed by atoms with van der Waals surface area (Å²) in [6, 6.07) is 60.1. The number of fused-ring (bicyclic) bond motifs is 1. The molecule has 7 aromatic carbocycles. The van der Waals surface area contributed by atoms with E-state index in [1.54, 1.807) is 62.7 Å². The lowest BCUT2D eigenvalue weighted by Crippen LogP contribution is -2.29. The van der Waals surface area contributed by atoms with Crippen molar-refractivity contribution in [3.05, 3.63) is 211 Å². The standard InChI is InChI=1S/C28H42N6O3.C28H35N5O3.C27H33N3O4.C27H35N3O4/c1-6-7-11-33(12-13-36-5)27-15-26(23-16-30-34(19-23)18-21(2)3)31-28(32-27)22-9-8-10-25(14-22)37-20-24(35)17-29-4;1-4-5-12-33(13-14-35-3)27-17-26(22-9-6-8-21(15-22)18-29)31-28(32-27)23-10-7-11-25(16-23)36-20-24(34)19-30-2;1-3-4-5-8-21-16-24(19-10-11-25-26(15-19)33-13-12-32-25)30-27(29-21)20-7-6-9-23(14-20)34-18-22(31)17-28-2;1-5-6-7-10-21-16-24(19-12-13-25(32-3)26(15-19)33-4)30-27(29-21)20-9-8-11-23(14-20)34-18-22(31)17-28-2/h8-10,14-16,19,21,24,29,35H,6-7,11-13,17-18,20H2,1-5H3;6-11,15-17,24,30,34H,4-5,12-14,19-20H2,1-3H3;6-7,9-11,14-16,22,28,31H,3-5,8,12-13,17-18H2,1-2H3;8-9,11-16,22,28,31H,5-7,10,17-18H2,1-4H3. The Kier molecular flexibility index (Phi) is 47.1. The molecule has 0 saturated carbocycles. The highest BCUT2D eigenvalue weighted by molar-refractivity contribution is 5.73. The minimum Gasteiger partial charge on any atom is -0.493 e. The highest BCUT2D eigenvalue weighted by Crippen LogP contribution is 2.39. The van der Waals surface area contributed by atoms with Crippen molar-refractivity contribution in [2.24, 2.45) is 5.92 Å². The van der Waals surface area contributed by atoms with Crippen molar-refractivity contribution in [1.82, 2.24) is 70.9 Å². The van der Waals surface area contributed by atoms with E-state index in [4.69, 9.17) is 87.2 Å². The maximum Gasteiger partial charge on any atom is 0.162 e. The van der Waals surface area contributed by atoms with Gasteiger partial charge in [0, 0.05) is 147 Å².